The van der Waals surface area contributed by atoms with Gasteiger partial charge >= 0.3 is 0 Å². The summed E-state index contributed by atoms with van der Waals surface area (Å²) in [5, 5.41) is 2.07. The maximum absolute atomic E-state index is 13.3. The molecule has 0 bridgehead atoms. The zero-order valence-electron chi connectivity index (χ0n) is 7.94. The first-order chi connectivity index (χ1) is 7.43. The van der Waals surface area contributed by atoms with Crippen molar-refractivity contribution in [2.24, 2.45) is 5.73 Å². The fraction of sp³-hybridized carbons (Fsp3) is 0.222. The quantitative estimate of drug-likeness (QED) is 0.637. The van der Waals surface area contributed by atoms with Gasteiger partial charge in [0.15, 0.2) is 11.6 Å². The van der Waals surface area contributed by atoms with Crippen LogP contribution >= 0.6 is 12.2 Å². The lowest BCUT2D eigenvalue weighted by Crippen LogP contribution is -2.15. The molecule has 16 heavy (non-hydrogen) atoms. The van der Waals surface area contributed by atoms with Crippen LogP contribution in [-0.2, 0) is 0 Å². The summed E-state index contributed by atoms with van der Waals surface area (Å²) in [5.41, 5.74) is 4.54. The summed E-state index contributed by atoms with van der Waals surface area (Å²) in [4.78, 5) is -0.295. The standard InChI is InChI=1S/C9H8F4N2S/c10-6(11)3-15-5-2-1-4(9(14)16)7(12)8(5)13/h1-2,6,15H,3H2,(H2,14,16). The van der Waals surface area contributed by atoms with Crippen molar-refractivity contribution in [2.45, 2.75) is 6.43 Å². The van der Waals surface area contributed by atoms with Crippen LogP contribution in [0.3, 0.4) is 0 Å². The Hall–Kier alpha value is -1.37. The summed E-state index contributed by atoms with van der Waals surface area (Å²) in [6, 6.07) is 2.24. The van der Waals surface area contributed by atoms with Gasteiger partial charge in [-0.2, -0.15) is 0 Å². The molecule has 0 saturated carbocycles. The Morgan fingerprint density at radius 2 is 1.94 bits per heavy atom. The molecule has 0 fully saturated rings. The normalized spacial score (nSPS) is 10.6. The Bertz CT molecular complexity index is 409. The highest BCUT2D eigenvalue weighted by Crippen LogP contribution is 2.20. The number of thiocarbonyl (C=S) groups is 1. The second-order valence-electron chi connectivity index (χ2n) is 2.92. The third-order valence-electron chi connectivity index (χ3n) is 1.79. The van der Waals surface area contributed by atoms with Gasteiger partial charge in [0.1, 0.15) is 4.99 Å². The van der Waals surface area contributed by atoms with Crippen LogP contribution < -0.4 is 11.1 Å². The third-order valence-corrected chi connectivity index (χ3v) is 2.01. The average Bonchev–Trinajstić information content (AvgIpc) is 2.19. The molecule has 0 amide bonds. The third kappa shape index (κ3) is 2.82. The van der Waals surface area contributed by atoms with Crippen molar-refractivity contribution < 1.29 is 17.6 Å². The SMILES string of the molecule is NC(=S)c1ccc(NCC(F)F)c(F)c1F. The van der Waals surface area contributed by atoms with Gasteiger partial charge in [0.25, 0.3) is 6.43 Å². The second-order valence-corrected chi connectivity index (χ2v) is 3.36. The molecular formula is C9H8F4N2S. The number of nitrogens with one attached hydrogen (secondary N) is 1. The molecule has 1 aromatic rings. The van der Waals surface area contributed by atoms with E-state index in [1.165, 1.54) is 0 Å². The maximum Gasteiger partial charge on any atom is 0.255 e. The predicted molar refractivity (Wildman–Crippen MR) is 56.7 cm³/mol. The number of alkyl halides is 2. The van der Waals surface area contributed by atoms with Crippen molar-refractivity contribution in [1.29, 1.82) is 0 Å². The molecule has 0 unspecified atom stereocenters. The topological polar surface area (TPSA) is 38.0 Å². The summed E-state index contributed by atoms with van der Waals surface area (Å²) in [6.45, 7) is -0.761. The number of benzene rings is 1. The van der Waals surface area contributed by atoms with Gasteiger partial charge in [-0.1, -0.05) is 12.2 Å². The molecule has 0 heterocycles. The first-order valence-electron chi connectivity index (χ1n) is 4.23. The Morgan fingerprint density at radius 3 is 2.44 bits per heavy atom. The lowest BCUT2D eigenvalue weighted by molar-refractivity contribution is 0.163. The van der Waals surface area contributed by atoms with Crippen molar-refractivity contribution >= 4 is 22.9 Å². The van der Waals surface area contributed by atoms with E-state index in [4.69, 9.17) is 5.73 Å². The fourth-order valence-corrected chi connectivity index (χ4v) is 1.22. The minimum atomic E-state index is -2.65. The van der Waals surface area contributed by atoms with E-state index in [1.54, 1.807) is 0 Å². The minimum absolute atomic E-state index is 0.255. The molecule has 3 N–H and O–H groups in total. The smallest absolute Gasteiger partial charge is 0.255 e. The van der Waals surface area contributed by atoms with Gasteiger partial charge < -0.3 is 11.1 Å². The first-order valence-corrected chi connectivity index (χ1v) is 4.64. The summed E-state index contributed by atoms with van der Waals surface area (Å²) in [7, 11) is 0. The van der Waals surface area contributed by atoms with Crippen LogP contribution in [0, 0.1) is 11.6 Å². The maximum atomic E-state index is 13.3. The van der Waals surface area contributed by atoms with Crippen molar-refractivity contribution in [3.63, 3.8) is 0 Å². The molecule has 0 spiro atoms. The van der Waals surface area contributed by atoms with Gasteiger partial charge in [-0.05, 0) is 12.1 Å². The molecule has 1 aromatic carbocycles. The molecule has 2 nitrogen and oxygen atoms in total. The zero-order valence-corrected chi connectivity index (χ0v) is 8.75. The van der Waals surface area contributed by atoms with E-state index in [2.05, 4.69) is 17.5 Å². The van der Waals surface area contributed by atoms with Crippen LogP contribution in [0.25, 0.3) is 0 Å². The Labute approximate surface area is 94.4 Å². The molecule has 1 rings (SSSR count). The van der Waals surface area contributed by atoms with Gasteiger partial charge in [0, 0.05) is 5.56 Å². The molecule has 0 aliphatic rings. The number of hydrogen-bond acceptors (Lipinski definition) is 2. The molecule has 0 atom stereocenters. The van der Waals surface area contributed by atoms with E-state index in [0.717, 1.165) is 12.1 Å². The summed E-state index contributed by atoms with van der Waals surface area (Å²) < 4.78 is 50.2. The summed E-state index contributed by atoms with van der Waals surface area (Å²) in [6.07, 6.45) is -2.65. The molecular weight excluding hydrogens is 244 g/mol. The fourth-order valence-electron chi connectivity index (χ4n) is 1.06. The van der Waals surface area contributed by atoms with E-state index in [9.17, 15) is 17.6 Å². The number of anilines is 1. The molecule has 0 aliphatic heterocycles. The summed E-state index contributed by atoms with van der Waals surface area (Å²) in [5.74, 6) is -2.52. The monoisotopic (exact) mass is 252 g/mol. The molecule has 88 valence electrons. The highest BCUT2D eigenvalue weighted by molar-refractivity contribution is 7.80. The van der Waals surface area contributed by atoms with Crippen LogP contribution in [0.2, 0.25) is 0 Å². The van der Waals surface area contributed by atoms with Gasteiger partial charge in [-0.3, -0.25) is 0 Å². The zero-order chi connectivity index (χ0) is 12.3. The van der Waals surface area contributed by atoms with Gasteiger partial charge in [0.05, 0.1) is 12.2 Å². The Kier molecular flexibility index (Phi) is 4.05. The van der Waals surface area contributed by atoms with E-state index in [1.807, 2.05) is 0 Å². The van der Waals surface area contributed by atoms with Gasteiger partial charge in [-0.25, -0.2) is 17.6 Å². The number of halogens is 4. The largest absolute Gasteiger partial charge is 0.389 e. The lowest BCUT2D eigenvalue weighted by Gasteiger charge is -2.09. The van der Waals surface area contributed by atoms with Crippen molar-refractivity contribution in [3.05, 3.63) is 29.3 Å². The molecule has 7 heteroatoms. The van der Waals surface area contributed by atoms with E-state index in [0.29, 0.717) is 0 Å². The highest BCUT2D eigenvalue weighted by Gasteiger charge is 2.15. The van der Waals surface area contributed by atoms with Crippen LogP contribution in [0.1, 0.15) is 5.56 Å². The van der Waals surface area contributed by atoms with Gasteiger partial charge in [-0.15, -0.1) is 0 Å². The minimum Gasteiger partial charge on any atom is -0.389 e. The van der Waals surface area contributed by atoms with Crippen LogP contribution in [0.4, 0.5) is 23.2 Å². The first kappa shape index (κ1) is 12.7. The van der Waals surface area contributed by atoms with Crippen molar-refractivity contribution in [2.75, 3.05) is 11.9 Å². The molecule has 0 radical (unpaired) electrons. The molecule has 0 saturated heterocycles. The summed E-state index contributed by atoms with van der Waals surface area (Å²) >= 11 is 4.49. The van der Waals surface area contributed by atoms with Crippen LogP contribution in [0.5, 0.6) is 0 Å². The Morgan fingerprint density at radius 1 is 1.31 bits per heavy atom. The average molecular weight is 252 g/mol. The van der Waals surface area contributed by atoms with Crippen LogP contribution in [-0.4, -0.2) is 18.0 Å². The van der Waals surface area contributed by atoms with E-state index < -0.39 is 24.6 Å². The second kappa shape index (κ2) is 5.11. The van der Waals surface area contributed by atoms with E-state index in [-0.39, 0.29) is 16.2 Å². The Balaban J connectivity index is 2.98. The van der Waals surface area contributed by atoms with Crippen molar-refractivity contribution in [1.82, 2.24) is 0 Å². The van der Waals surface area contributed by atoms with Crippen LogP contribution in [0.15, 0.2) is 12.1 Å². The van der Waals surface area contributed by atoms with Crippen molar-refractivity contribution in [3.8, 4) is 0 Å². The predicted octanol–water partition coefficient (Wildman–Crippen LogP) is 2.28. The molecule has 0 aliphatic carbocycles. The van der Waals surface area contributed by atoms with E-state index >= 15 is 0 Å². The number of nitrogens with two attached hydrogens (primary N) is 1. The number of hydrogen-bond donors (Lipinski definition) is 2. The number of rotatable bonds is 4. The lowest BCUT2D eigenvalue weighted by atomic mass is 10.2. The van der Waals surface area contributed by atoms with Gasteiger partial charge in [0.2, 0.25) is 0 Å². The molecule has 0 aromatic heterocycles. The highest BCUT2D eigenvalue weighted by atomic mass is 32.1.